The molecule has 2 N–H and O–H groups in total. The first-order valence-corrected chi connectivity index (χ1v) is 37.0. The van der Waals surface area contributed by atoms with Gasteiger partial charge in [0, 0.05) is 6.42 Å². The maximum atomic E-state index is 13.0. The Kier molecular flexibility index (Phi) is 61.8. The average Bonchev–Trinajstić information content (AvgIpc) is 3.43. The molecule has 0 bridgehead atoms. The number of allylic oxidation sites excluding steroid dienone is 7. The summed E-state index contributed by atoms with van der Waals surface area (Å²) in [6.45, 7) is 4.69. The second-order valence-electron chi connectivity index (χ2n) is 25.6. The van der Waals surface area contributed by atoms with Crippen molar-refractivity contribution in [1.29, 1.82) is 0 Å². The Bertz CT molecular complexity index is 1460. The summed E-state index contributed by atoms with van der Waals surface area (Å²) in [6.07, 6.45) is 85.2. The molecule has 0 saturated carbocycles. The van der Waals surface area contributed by atoms with Crippen LogP contribution in [0.25, 0.3) is 0 Å². The minimum Gasteiger partial charge on any atom is -0.756 e. The van der Waals surface area contributed by atoms with Crippen LogP contribution in [0.3, 0.4) is 0 Å². The van der Waals surface area contributed by atoms with Crippen LogP contribution < -0.4 is 10.2 Å². The van der Waals surface area contributed by atoms with E-state index in [1.165, 1.54) is 283 Å². The molecule has 0 rings (SSSR count). The van der Waals surface area contributed by atoms with Crippen LogP contribution in [0.5, 0.6) is 0 Å². The average molecular weight is 1160 g/mol. The van der Waals surface area contributed by atoms with Gasteiger partial charge in [0.25, 0.3) is 7.82 Å². The Labute approximate surface area is 505 Å². The zero-order chi connectivity index (χ0) is 59.1. The van der Waals surface area contributed by atoms with Gasteiger partial charge in [0.1, 0.15) is 13.2 Å². The molecular formula is C72H139N2O6P. The summed E-state index contributed by atoms with van der Waals surface area (Å²) in [5.74, 6) is -0.190. The molecule has 3 unspecified atom stereocenters. The SMILES string of the molecule is CCCCCCC/C=C\C/C=C\C/C=C\CCCCCCCCCCCCCCCCCCCCCCCCCCC(=O)NC(COP(=O)([O-])OCC[N+](C)(C)C)C(O)/C=C/CCCCCCCCCCCCCCCCCCCC. The van der Waals surface area contributed by atoms with E-state index in [9.17, 15) is 19.4 Å². The first kappa shape index (κ1) is 79.5. The number of amides is 1. The molecule has 1 amide bonds. The number of quaternary nitrogens is 1. The molecule has 0 aliphatic carbocycles. The molecule has 3 atom stereocenters. The van der Waals surface area contributed by atoms with Crippen LogP contribution in [0.4, 0.5) is 0 Å². The minimum atomic E-state index is -4.60. The third kappa shape index (κ3) is 65.9. The number of hydrogen-bond donors (Lipinski definition) is 2. The molecule has 0 aliphatic rings. The lowest BCUT2D eigenvalue weighted by Gasteiger charge is -2.29. The highest BCUT2D eigenvalue weighted by molar-refractivity contribution is 7.45. The number of rotatable bonds is 66. The van der Waals surface area contributed by atoms with Gasteiger partial charge in [-0.15, -0.1) is 0 Å². The smallest absolute Gasteiger partial charge is 0.268 e. The number of phosphoric acid groups is 1. The number of nitrogens with one attached hydrogen (secondary N) is 1. The van der Waals surface area contributed by atoms with Crippen LogP contribution in [0.1, 0.15) is 354 Å². The Hall–Kier alpha value is -1.54. The van der Waals surface area contributed by atoms with E-state index in [4.69, 9.17) is 9.05 Å². The fourth-order valence-corrected chi connectivity index (χ4v) is 11.5. The number of likely N-dealkylation sites (N-methyl/N-ethyl adjacent to an activating group) is 1. The molecule has 0 aromatic heterocycles. The topological polar surface area (TPSA) is 108 Å². The van der Waals surface area contributed by atoms with Crippen molar-refractivity contribution in [2.75, 3.05) is 40.9 Å². The van der Waals surface area contributed by atoms with Gasteiger partial charge in [-0.2, -0.15) is 0 Å². The summed E-state index contributed by atoms with van der Waals surface area (Å²) in [6, 6.07) is -0.886. The maximum absolute atomic E-state index is 13.0. The number of carbonyl (C=O) groups is 1. The van der Waals surface area contributed by atoms with Crippen molar-refractivity contribution in [3.63, 3.8) is 0 Å². The number of unbranched alkanes of at least 4 members (excludes halogenated alkanes) is 47. The lowest BCUT2D eigenvalue weighted by atomic mass is 10.0. The van der Waals surface area contributed by atoms with Gasteiger partial charge in [0.15, 0.2) is 0 Å². The second kappa shape index (κ2) is 63.0. The second-order valence-corrected chi connectivity index (χ2v) is 27.0. The lowest BCUT2D eigenvalue weighted by Crippen LogP contribution is -2.45. The van der Waals surface area contributed by atoms with Gasteiger partial charge in [0.05, 0.1) is 39.9 Å². The van der Waals surface area contributed by atoms with Crippen LogP contribution in [-0.4, -0.2) is 68.5 Å². The van der Waals surface area contributed by atoms with Crippen molar-refractivity contribution in [3.05, 3.63) is 48.6 Å². The lowest BCUT2D eigenvalue weighted by molar-refractivity contribution is -0.870. The van der Waals surface area contributed by atoms with Gasteiger partial charge in [-0.1, -0.05) is 339 Å². The number of carbonyl (C=O) groups excluding carboxylic acids is 1. The quantitative estimate of drug-likeness (QED) is 0.0272. The molecule has 0 spiro atoms. The Morgan fingerprint density at radius 1 is 0.432 bits per heavy atom. The molecule has 8 nitrogen and oxygen atoms in total. The Morgan fingerprint density at radius 3 is 1.04 bits per heavy atom. The van der Waals surface area contributed by atoms with Gasteiger partial charge in [-0.25, -0.2) is 0 Å². The molecule has 0 aromatic carbocycles. The van der Waals surface area contributed by atoms with Crippen LogP contribution in [0.2, 0.25) is 0 Å². The van der Waals surface area contributed by atoms with Crippen molar-refractivity contribution < 1.29 is 32.9 Å². The van der Waals surface area contributed by atoms with Crippen LogP contribution in [0.15, 0.2) is 48.6 Å². The van der Waals surface area contributed by atoms with Gasteiger partial charge in [-0.3, -0.25) is 9.36 Å². The molecule has 81 heavy (non-hydrogen) atoms. The maximum Gasteiger partial charge on any atom is 0.268 e. The zero-order valence-corrected chi connectivity index (χ0v) is 55.6. The van der Waals surface area contributed by atoms with E-state index in [0.717, 1.165) is 51.4 Å². The predicted molar refractivity (Wildman–Crippen MR) is 353 cm³/mol. The van der Waals surface area contributed by atoms with E-state index < -0.39 is 20.0 Å². The van der Waals surface area contributed by atoms with Crippen LogP contribution in [0, 0.1) is 0 Å². The Morgan fingerprint density at radius 2 is 0.716 bits per heavy atom. The third-order valence-corrected chi connectivity index (χ3v) is 17.2. The molecule has 9 heteroatoms. The number of phosphoric ester groups is 1. The van der Waals surface area contributed by atoms with Crippen molar-refractivity contribution in [2.45, 2.75) is 366 Å². The summed E-state index contributed by atoms with van der Waals surface area (Å²) >= 11 is 0. The number of aliphatic hydroxyl groups is 1. The normalized spacial score (nSPS) is 13.9. The molecule has 0 radical (unpaired) electrons. The summed E-state index contributed by atoms with van der Waals surface area (Å²) in [5, 5.41) is 14.0. The Balaban J connectivity index is 3.94. The van der Waals surface area contributed by atoms with Crippen LogP contribution in [-0.2, 0) is 18.4 Å². The third-order valence-electron chi connectivity index (χ3n) is 16.3. The predicted octanol–water partition coefficient (Wildman–Crippen LogP) is 22.0. The highest BCUT2D eigenvalue weighted by Gasteiger charge is 2.23. The van der Waals surface area contributed by atoms with E-state index in [-0.39, 0.29) is 19.1 Å². The van der Waals surface area contributed by atoms with E-state index in [0.29, 0.717) is 17.4 Å². The summed E-state index contributed by atoms with van der Waals surface area (Å²) in [4.78, 5) is 25.6. The first-order chi connectivity index (χ1) is 39.5. The molecule has 0 aliphatic heterocycles. The summed E-state index contributed by atoms with van der Waals surface area (Å²) in [7, 11) is 1.28. The molecule has 0 saturated heterocycles. The fraction of sp³-hybridized carbons (Fsp3) is 0.875. The van der Waals surface area contributed by atoms with Gasteiger partial charge < -0.3 is 28.8 Å². The largest absolute Gasteiger partial charge is 0.756 e. The molecule has 0 fully saturated rings. The van der Waals surface area contributed by atoms with E-state index in [1.807, 2.05) is 27.2 Å². The van der Waals surface area contributed by atoms with Gasteiger partial charge >= 0.3 is 0 Å². The monoisotopic (exact) mass is 1160 g/mol. The number of nitrogens with zero attached hydrogens (tertiary/aromatic N) is 1. The number of aliphatic hydroxyl groups excluding tert-OH is 1. The summed E-state index contributed by atoms with van der Waals surface area (Å²) < 4.78 is 23.4. The number of hydrogen-bond acceptors (Lipinski definition) is 6. The summed E-state index contributed by atoms with van der Waals surface area (Å²) in [5.41, 5.74) is 0. The molecule has 478 valence electrons. The zero-order valence-electron chi connectivity index (χ0n) is 54.8. The highest BCUT2D eigenvalue weighted by Crippen LogP contribution is 2.38. The highest BCUT2D eigenvalue weighted by atomic mass is 31.2. The van der Waals surface area contributed by atoms with Crippen molar-refractivity contribution >= 4 is 13.7 Å². The van der Waals surface area contributed by atoms with E-state index in [2.05, 4.69) is 55.6 Å². The molecule has 0 heterocycles. The van der Waals surface area contributed by atoms with Crippen molar-refractivity contribution in [1.82, 2.24) is 5.32 Å². The molecule has 0 aromatic rings. The van der Waals surface area contributed by atoms with E-state index in [1.54, 1.807) is 6.08 Å². The van der Waals surface area contributed by atoms with Crippen molar-refractivity contribution in [2.24, 2.45) is 0 Å². The van der Waals surface area contributed by atoms with Crippen LogP contribution >= 0.6 is 7.82 Å². The minimum absolute atomic E-state index is 0.000877. The van der Waals surface area contributed by atoms with Gasteiger partial charge in [-0.05, 0) is 57.8 Å². The van der Waals surface area contributed by atoms with E-state index >= 15 is 0 Å². The van der Waals surface area contributed by atoms with Crippen molar-refractivity contribution in [3.8, 4) is 0 Å². The van der Waals surface area contributed by atoms with Gasteiger partial charge in [0.2, 0.25) is 5.91 Å². The standard InChI is InChI=1S/C72H139N2O6P/c1-6-8-10-12-14-16-18-20-22-24-26-28-29-30-31-32-33-34-35-36-37-38-39-40-41-42-43-44-45-46-48-50-52-54-56-58-60-62-64-66-72(76)73-70(69-80-81(77,78)79-68-67-74(3,4)5)71(75)65-63-61-59-57-55-53-51-49-47-27-25-23-21-19-17-15-13-11-9-7-2/h18,20,24,26,29-30,63,65,70-71,75H,6-17,19,21-23,25,27-28,31-62,64,66-69H2,1-5H3,(H-,73,76,77,78)/b20-18-,26-24-,30-29-,65-63+. The fourth-order valence-electron chi connectivity index (χ4n) is 10.8. The molecular weight excluding hydrogens is 1020 g/mol. The first-order valence-electron chi connectivity index (χ1n) is 35.5.